The Labute approximate surface area is 97.6 Å². The average Bonchev–Trinajstić information content (AvgIpc) is 2.12. The van der Waals surface area contributed by atoms with Gasteiger partial charge in [-0.2, -0.15) is 13.2 Å². The summed E-state index contributed by atoms with van der Waals surface area (Å²) in [7, 11) is 1.29. The summed E-state index contributed by atoms with van der Waals surface area (Å²) in [6, 6.07) is 1.39. The van der Waals surface area contributed by atoms with E-state index in [1.54, 1.807) is 19.9 Å². The van der Waals surface area contributed by atoms with Gasteiger partial charge < -0.3 is 5.32 Å². The molecule has 0 saturated carbocycles. The molecule has 1 aromatic carbocycles. The lowest BCUT2D eigenvalue weighted by Gasteiger charge is -2.22. The van der Waals surface area contributed by atoms with Gasteiger partial charge in [-0.1, -0.05) is 17.7 Å². The second-order valence-corrected chi connectivity index (χ2v) is 4.13. The van der Waals surface area contributed by atoms with Crippen LogP contribution in [0.4, 0.5) is 13.2 Å². The summed E-state index contributed by atoms with van der Waals surface area (Å²) in [5.41, 5.74) is 1.40. The summed E-state index contributed by atoms with van der Waals surface area (Å²) >= 11 is 5.85. The van der Waals surface area contributed by atoms with Crippen LogP contribution in [-0.4, -0.2) is 13.2 Å². The molecule has 0 aromatic heterocycles. The van der Waals surface area contributed by atoms with Crippen LogP contribution in [0, 0.1) is 13.8 Å². The predicted molar refractivity (Wildman–Crippen MR) is 58.8 cm³/mol. The van der Waals surface area contributed by atoms with E-state index < -0.39 is 12.2 Å². The van der Waals surface area contributed by atoms with E-state index in [0.717, 1.165) is 0 Å². The van der Waals surface area contributed by atoms with Crippen LogP contribution >= 0.6 is 11.6 Å². The summed E-state index contributed by atoms with van der Waals surface area (Å²) < 4.78 is 38.2. The first kappa shape index (κ1) is 13.3. The van der Waals surface area contributed by atoms with Crippen molar-refractivity contribution in [2.75, 3.05) is 7.05 Å². The van der Waals surface area contributed by atoms with Gasteiger partial charge in [-0.15, -0.1) is 0 Å². The van der Waals surface area contributed by atoms with Crippen molar-refractivity contribution in [3.63, 3.8) is 0 Å². The van der Waals surface area contributed by atoms with Crippen molar-refractivity contribution in [1.82, 2.24) is 5.32 Å². The lowest BCUT2D eigenvalue weighted by molar-refractivity contribution is -0.156. The van der Waals surface area contributed by atoms with Gasteiger partial charge in [0.2, 0.25) is 0 Å². The minimum Gasteiger partial charge on any atom is -0.306 e. The minimum atomic E-state index is -4.31. The number of alkyl halides is 3. The zero-order valence-corrected chi connectivity index (χ0v) is 10.00. The summed E-state index contributed by atoms with van der Waals surface area (Å²) in [4.78, 5) is 0. The molecule has 1 atom stereocenters. The Morgan fingerprint density at radius 1 is 1.19 bits per heavy atom. The van der Waals surface area contributed by atoms with E-state index in [4.69, 9.17) is 11.6 Å². The normalized spacial score (nSPS) is 13.9. The van der Waals surface area contributed by atoms with Crippen molar-refractivity contribution in [1.29, 1.82) is 0 Å². The van der Waals surface area contributed by atoms with Gasteiger partial charge in [-0.25, -0.2) is 0 Å². The molecule has 0 radical (unpaired) electrons. The quantitative estimate of drug-likeness (QED) is 0.844. The fourth-order valence-corrected chi connectivity index (χ4v) is 1.83. The molecule has 0 aliphatic carbocycles. The van der Waals surface area contributed by atoms with Gasteiger partial charge in [0.15, 0.2) is 0 Å². The zero-order chi connectivity index (χ0) is 12.5. The Balaban J connectivity index is 3.26. The number of aryl methyl sites for hydroxylation is 2. The molecule has 1 rings (SSSR count). The third kappa shape index (κ3) is 2.68. The number of halogens is 4. The van der Waals surface area contributed by atoms with E-state index in [2.05, 4.69) is 5.32 Å². The molecule has 0 heterocycles. The van der Waals surface area contributed by atoms with Crippen molar-refractivity contribution in [2.45, 2.75) is 26.1 Å². The van der Waals surface area contributed by atoms with Crippen molar-refractivity contribution >= 4 is 11.6 Å². The fraction of sp³-hybridized carbons (Fsp3) is 0.455. The maximum atomic E-state index is 12.7. The first-order chi connectivity index (χ1) is 7.27. The first-order valence-corrected chi connectivity index (χ1v) is 5.15. The van der Waals surface area contributed by atoms with Crippen LogP contribution in [0.3, 0.4) is 0 Å². The first-order valence-electron chi connectivity index (χ1n) is 4.78. The van der Waals surface area contributed by atoms with Crippen LogP contribution in [0.15, 0.2) is 12.1 Å². The van der Waals surface area contributed by atoms with Gasteiger partial charge in [0, 0.05) is 5.02 Å². The predicted octanol–water partition coefficient (Wildman–Crippen LogP) is 3.78. The average molecular weight is 252 g/mol. The SMILES string of the molecule is CNC(c1cc(C)c(Cl)cc1C)C(F)(F)F. The molecule has 1 N–H and O–H groups in total. The molecule has 0 amide bonds. The van der Waals surface area contributed by atoms with Crippen molar-refractivity contribution in [3.8, 4) is 0 Å². The Kier molecular flexibility index (Phi) is 3.86. The lowest BCUT2D eigenvalue weighted by atomic mass is 9.98. The van der Waals surface area contributed by atoms with E-state index in [1.807, 2.05) is 0 Å². The molecule has 0 aliphatic heterocycles. The molecule has 1 unspecified atom stereocenters. The molecule has 0 spiro atoms. The van der Waals surface area contributed by atoms with Crippen LogP contribution in [-0.2, 0) is 0 Å². The molecule has 0 bridgehead atoms. The van der Waals surface area contributed by atoms with Crippen molar-refractivity contribution in [2.24, 2.45) is 0 Å². The highest BCUT2D eigenvalue weighted by Crippen LogP contribution is 2.35. The fourth-order valence-electron chi connectivity index (χ4n) is 1.61. The van der Waals surface area contributed by atoms with E-state index in [0.29, 0.717) is 16.1 Å². The number of nitrogens with one attached hydrogen (secondary N) is 1. The second-order valence-electron chi connectivity index (χ2n) is 3.72. The number of hydrogen-bond donors (Lipinski definition) is 1. The molecule has 5 heteroatoms. The van der Waals surface area contributed by atoms with Crippen LogP contribution in [0.1, 0.15) is 22.7 Å². The van der Waals surface area contributed by atoms with E-state index in [1.165, 1.54) is 13.1 Å². The molecule has 16 heavy (non-hydrogen) atoms. The van der Waals surface area contributed by atoms with E-state index in [-0.39, 0.29) is 5.56 Å². The number of hydrogen-bond acceptors (Lipinski definition) is 1. The van der Waals surface area contributed by atoms with E-state index in [9.17, 15) is 13.2 Å². The highest BCUT2D eigenvalue weighted by molar-refractivity contribution is 6.31. The van der Waals surface area contributed by atoms with Crippen molar-refractivity contribution < 1.29 is 13.2 Å². The van der Waals surface area contributed by atoms with Crippen LogP contribution < -0.4 is 5.32 Å². The van der Waals surface area contributed by atoms with Crippen LogP contribution in [0.25, 0.3) is 0 Å². The number of benzene rings is 1. The minimum absolute atomic E-state index is 0.219. The molecule has 0 aliphatic rings. The molecular formula is C11H13ClF3N. The third-order valence-electron chi connectivity index (χ3n) is 2.47. The molecule has 1 nitrogen and oxygen atoms in total. The largest absolute Gasteiger partial charge is 0.407 e. The molecule has 0 saturated heterocycles. The second kappa shape index (κ2) is 4.63. The molecule has 0 fully saturated rings. The van der Waals surface area contributed by atoms with Gasteiger partial charge in [-0.05, 0) is 43.7 Å². The van der Waals surface area contributed by atoms with E-state index >= 15 is 0 Å². The lowest BCUT2D eigenvalue weighted by Crippen LogP contribution is -2.32. The topological polar surface area (TPSA) is 12.0 Å². The Morgan fingerprint density at radius 2 is 1.75 bits per heavy atom. The van der Waals surface area contributed by atoms with Crippen LogP contribution in [0.5, 0.6) is 0 Å². The molecule has 90 valence electrons. The maximum Gasteiger partial charge on any atom is 0.407 e. The zero-order valence-electron chi connectivity index (χ0n) is 9.24. The van der Waals surface area contributed by atoms with Gasteiger partial charge in [0.1, 0.15) is 6.04 Å². The maximum absolute atomic E-state index is 12.7. The summed E-state index contributed by atoms with van der Waals surface area (Å²) in [6.07, 6.45) is -4.31. The summed E-state index contributed by atoms with van der Waals surface area (Å²) in [5, 5.41) is 2.76. The monoisotopic (exact) mass is 251 g/mol. The van der Waals surface area contributed by atoms with Gasteiger partial charge in [0.25, 0.3) is 0 Å². The summed E-state index contributed by atoms with van der Waals surface area (Å²) in [5.74, 6) is 0. The molecular weight excluding hydrogens is 239 g/mol. The Bertz CT molecular complexity index is 388. The standard InChI is InChI=1S/C11H13ClF3N/c1-6-5-9(12)7(2)4-8(6)10(16-3)11(13,14)15/h4-5,10,16H,1-3H3. The van der Waals surface area contributed by atoms with Gasteiger partial charge in [0.05, 0.1) is 0 Å². The Hall–Kier alpha value is -0.740. The highest BCUT2D eigenvalue weighted by Gasteiger charge is 2.40. The van der Waals surface area contributed by atoms with Crippen LogP contribution in [0.2, 0.25) is 5.02 Å². The third-order valence-corrected chi connectivity index (χ3v) is 2.88. The highest BCUT2D eigenvalue weighted by atomic mass is 35.5. The van der Waals surface area contributed by atoms with Gasteiger partial charge in [-0.3, -0.25) is 0 Å². The van der Waals surface area contributed by atoms with Gasteiger partial charge >= 0.3 is 6.18 Å². The Morgan fingerprint density at radius 3 is 2.19 bits per heavy atom. The smallest absolute Gasteiger partial charge is 0.306 e. The summed E-state index contributed by atoms with van der Waals surface area (Å²) in [6.45, 7) is 3.31. The van der Waals surface area contributed by atoms with Crippen molar-refractivity contribution in [3.05, 3.63) is 33.8 Å². The molecule has 1 aromatic rings. The number of rotatable bonds is 2.